The largest absolute Gasteiger partial charge is 0.325 e. The van der Waals surface area contributed by atoms with Crippen LogP contribution in [-0.4, -0.2) is 15.9 Å². The van der Waals surface area contributed by atoms with Crippen molar-refractivity contribution in [3.63, 3.8) is 0 Å². The Morgan fingerprint density at radius 1 is 1.21 bits per heavy atom. The normalized spacial score (nSPS) is 13.7. The predicted molar refractivity (Wildman–Crippen MR) is 98.9 cm³/mol. The summed E-state index contributed by atoms with van der Waals surface area (Å²) in [5.74, 6) is -0.0659. The first-order chi connectivity index (χ1) is 11.7. The van der Waals surface area contributed by atoms with Gasteiger partial charge >= 0.3 is 0 Å². The molecule has 0 fully saturated rings. The molecule has 0 aliphatic heterocycles. The average molecular weight is 355 g/mol. The van der Waals surface area contributed by atoms with Gasteiger partial charge in [-0.2, -0.15) is 0 Å². The van der Waals surface area contributed by atoms with Gasteiger partial charge in [0.2, 0.25) is 5.91 Å². The summed E-state index contributed by atoms with van der Waals surface area (Å²) in [6, 6.07) is 7.85. The van der Waals surface area contributed by atoms with Gasteiger partial charge in [0, 0.05) is 22.1 Å². The molecule has 6 heteroatoms. The molecule has 1 N–H and O–H groups in total. The third kappa shape index (κ3) is 2.91. The molecular weight excluding hydrogens is 338 g/mol. The third-order valence-electron chi connectivity index (χ3n) is 4.12. The SMILES string of the molecule is CC(=O)Nc1ccccc1Sc1ncnc2sc3c(c12)CCCC3. The topological polar surface area (TPSA) is 54.9 Å². The maximum absolute atomic E-state index is 11.4. The van der Waals surface area contributed by atoms with Crippen LogP contribution in [0.3, 0.4) is 0 Å². The van der Waals surface area contributed by atoms with Gasteiger partial charge in [0.15, 0.2) is 0 Å². The van der Waals surface area contributed by atoms with E-state index in [-0.39, 0.29) is 5.91 Å². The number of hydrogen-bond donors (Lipinski definition) is 1. The fraction of sp³-hybridized carbons (Fsp3) is 0.278. The van der Waals surface area contributed by atoms with E-state index in [1.165, 1.54) is 35.6 Å². The Bertz CT molecular complexity index is 920. The van der Waals surface area contributed by atoms with Crippen LogP contribution in [-0.2, 0) is 17.6 Å². The first kappa shape index (κ1) is 15.6. The maximum Gasteiger partial charge on any atom is 0.221 e. The van der Waals surface area contributed by atoms with E-state index in [9.17, 15) is 4.79 Å². The Balaban J connectivity index is 1.78. The van der Waals surface area contributed by atoms with E-state index in [0.717, 1.165) is 33.3 Å². The standard InChI is InChI=1S/C18H17N3OS2/c1-11(22)21-13-7-3-5-9-15(13)24-18-16-12-6-2-4-8-14(12)23-17(16)19-10-20-18/h3,5,7,9-10H,2,4,6,8H2,1H3,(H,21,22). The Morgan fingerprint density at radius 3 is 2.92 bits per heavy atom. The molecule has 0 radical (unpaired) electrons. The summed E-state index contributed by atoms with van der Waals surface area (Å²) in [4.78, 5) is 24.0. The van der Waals surface area contributed by atoms with Crippen LogP contribution >= 0.6 is 23.1 Å². The summed E-state index contributed by atoms with van der Waals surface area (Å²) >= 11 is 3.41. The molecule has 0 saturated heterocycles. The Morgan fingerprint density at radius 2 is 2.04 bits per heavy atom. The summed E-state index contributed by atoms with van der Waals surface area (Å²) in [6.45, 7) is 1.53. The van der Waals surface area contributed by atoms with Crippen LogP contribution < -0.4 is 5.32 Å². The second-order valence-electron chi connectivity index (χ2n) is 5.85. The van der Waals surface area contributed by atoms with Gasteiger partial charge in [-0.15, -0.1) is 11.3 Å². The lowest BCUT2D eigenvalue weighted by Gasteiger charge is -2.12. The van der Waals surface area contributed by atoms with Gasteiger partial charge in [0.05, 0.1) is 5.69 Å². The van der Waals surface area contributed by atoms with Gasteiger partial charge in [-0.1, -0.05) is 23.9 Å². The van der Waals surface area contributed by atoms with Gasteiger partial charge < -0.3 is 5.32 Å². The number of fused-ring (bicyclic) bond motifs is 3. The van der Waals surface area contributed by atoms with Crippen LogP contribution in [0.15, 0.2) is 40.5 Å². The van der Waals surface area contributed by atoms with Crippen LogP contribution in [0.2, 0.25) is 0 Å². The number of thiophene rings is 1. The Kier molecular flexibility index (Phi) is 4.24. The molecule has 0 unspecified atom stereocenters. The van der Waals surface area contributed by atoms with Crippen molar-refractivity contribution in [1.82, 2.24) is 9.97 Å². The van der Waals surface area contributed by atoms with E-state index < -0.39 is 0 Å². The number of hydrogen-bond acceptors (Lipinski definition) is 5. The van der Waals surface area contributed by atoms with Gasteiger partial charge in [-0.3, -0.25) is 4.79 Å². The Labute approximate surface area is 148 Å². The summed E-state index contributed by atoms with van der Waals surface area (Å²) in [7, 11) is 0. The number of amides is 1. The van der Waals surface area contributed by atoms with Crippen molar-refractivity contribution in [2.24, 2.45) is 0 Å². The van der Waals surface area contributed by atoms with Gasteiger partial charge in [-0.05, 0) is 43.4 Å². The van der Waals surface area contributed by atoms with Crippen LogP contribution in [0.5, 0.6) is 0 Å². The van der Waals surface area contributed by atoms with E-state index in [0.29, 0.717) is 0 Å². The maximum atomic E-state index is 11.4. The lowest BCUT2D eigenvalue weighted by atomic mass is 9.97. The highest BCUT2D eigenvalue weighted by Gasteiger charge is 2.20. The smallest absolute Gasteiger partial charge is 0.221 e. The number of benzene rings is 1. The van der Waals surface area contributed by atoms with E-state index in [4.69, 9.17) is 0 Å². The molecule has 4 nitrogen and oxygen atoms in total. The lowest BCUT2D eigenvalue weighted by molar-refractivity contribution is -0.114. The van der Waals surface area contributed by atoms with Crippen LogP contribution in [0, 0.1) is 0 Å². The molecular formula is C18H17N3OS2. The molecule has 0 spiro atoms. The molecule has 0 saturated carbocycles. The quantitative estimate of drug-likeness (QED) is 0.693. The number of carbonyl (C=O) groups excluding carboxylic acids is 1. The molecule has 2 heterocycles. The third-order valence-corrected chi connectivity index (χ3v) is 6.40. The van der Waals surface area contributed by atoms with Crippen molar-refractivity contribution in [3.8, 4) is 0 Å². The monoisotopic (exact) mass is 355 g/mol. The van der Waals surface area contributed by atoms with Crippen LogP contribution in [0.25, 0.3) is 10.2 Å². The summed E-state index contributed by atoms with van der Waals surface area (Å²) in [6.07, 6.45) is 6.42. The predicted octanol–water partition coefficient (Wildman–Crippen LogP) is 4.68. The highest BCUT2D eigenvalue weighted by Crippen LogP contribution is 2.42. The second kappa shape index (κ2) is 6.53. The number of rotatable bonds is 3. The zero-order valence-electron chi connectivity index (χ0n) is 13.3. The fourth-order valence-corrected chi connectivity index (χ4v) is 5.39. The molecule has 3 aromatic rings. The summed E-state index contributed by atoms with van der Waals surface area (Å²) in [5.41, 5.74) is 2.26. The zero-order valence-corrected chi connectivity index (χ0v) is 15.0. The first-order valence-corrected chi connectivity index (χ1v) is 9.65. The number of aromatic nitrogens is 2. The number of nitrogens with one attached hydrogen (secondary N) is 1. The lowest BCUT2D eigenvalue weighted by Crippen LogP contribution is -2.06. The van der Waals surface area contributed by atoms with Crippen molar-refractivity contribution < 1.29 is 4.79 Å². The molecule has 122 valence electrons. The molecule has 1 aliphatic rings. The average Bonchev–Trinajstić information content (AvgIpc) is 2.95. The minimum Gasteiger partial charge on any atom is -0.325 e. The van der Waals surface area contributed by atoms with E-state index in [1.54, 1.807) is 29.4 Å². The first-order valence-electron chi connectivity index (χ1n) is 8.02. The van der Waals surface area contributed by atoms with Crippen molar-refractivity contribution in [2.75, 3.05) is 5.32 Å². The van der Waals surface area contributed by atoms with Gasteiger partial charge in [-0.25, -0.2) is 9.97 Å². The molecule has 1 aliphatic carbocycles. The van der Waals surface area contributed by atoms with E-state index in [1.807, 2.05) is 24.3 Å². The van der Waals surface area contributed by atoms with Crippen molar-refractivity contribution in [2.45, 2.75) is 42.5 Å². The summed E-state index contributed by atoms with van der Waals surface area (Å²) in [5, 5.41) is 5.09. The molecule has 24 heavy (non-hydrogen) atoms. The number of nitrogens with zero attached hydrogens (tertiary/aromatic N) is 2. The van der Waals surface area contributed by atoms with Crippen molar-refractivity contribution >= 4 is 44.9 Å². The van der Waals surface area contributed by atoms with Crippen LogP contribution in [0.1, 0.15) is 30.2 Å². The number of para-hydroxylation sites is 1. The van der Waals surface area contributed by atoms with Gasteiger partial charge in [0.25, 0.3) is 0 Å². The molecule has 1 aromatic carbocycles. The van der Waals surface area contributed by atoms with Crippen LogP contribution in [0.4, 0.5) is 5.69 Å². The summed E-state index contributed by atoms with van der Waals surface area (Å²) < 4.78 is 0. The Hall–Kier alpha value is -1.92. The molecule has 2 aromatic heterocycles. The zero-order chi connectivity index (χ0) is 16.5. The van der Waals surface area contributed by atoms with E-state index in [2.05, 4.69) is 15.3 Å². The number of aryl methyl sites for hydroxylation is 2. The van der Waals surface area contributed by atoms with E-state index >= 15 is 0 Å². The minimum absolute atomic E-state index is 0.0659. The molecule has 1 amide bonds. The van der Waals surface area contributed by atoms with Gasteiger partial charge in [0.1, 0.15) is 16.2 Å². The minimum atomic E-state index is -0.0659. The molecule has 4 rings (SSSR count). The molecule has 0 atom stereocenters. The highest BCUT2D eigenvalue weighted by molar-refractivity contribution is 7.99. The highest BCUT2D eigenvalue weighted by atomic mass is 32.2. The van der Waals surface area contributed by atoms with Crippen molar-refractivity contribution in [1.29, 1.82) is 0 Å². The number of carbonyl (C=O) groups is 1. The number of anilines is 1. The second-order valence-corrected chi connectivity index (χ2v) is 7.96. The molecule has 0 bridgehead atoms. The fourth-order valence-electron chi connectivity index (χ4n) is 3.09. The van der Waals surface area contributed by atoms with Crippen molar-refractivity contribution in [3.05, 3.63) is 41.0 Å².